The van der Waals surface area contributed by atoms with E-state index in [0.29, 0.717) is 32.3 Å². The molecular weight excluding hydrogens is 581 g/mol. The molecule has 0 unspecified atom stereocenters. The van der Waals surface area contributed by atoms with Crippen LogP contribution in [0.1, 0.15) is 48.9 Å². The number of carbonyl (C=O) groups excluding carboxylic acids is 1. The number of amides is 1. The van der Waals surface area contributed by atoms with Crippen LogP contribution in [0.5, 0.6) is 6.01 Å². The first-order valence-electron chi connectivity index (χ1n) is 16.7. The second-order valence-electron chi connectivity index (χ2n) is 13.3. The van der Waals surface area contributed by atoms with Crippen LogP contribution in [0.2, 0.25) is 0 Å². The van der Waals surface area contributed by atoms with E-state index in [1.807, 2.05) is 0 Å². The Balaban J connectivity index is 1.15. The average molecular weight is 624 g/mol. The molecule has 3 aliphatic heterocycles. The molecule has 1 aromatic heterocycles. The third kappa shape index (κ3) is 5.89. The monoisotopic (exact) mass is 623 g/mol. The van der Waals surface area contributed by atoms with Crippen molar-refractivity contribution in [1.29, 1.82) is 5.26 Å². The summed E-state index contributed by atoms with van der Waals surface area (Å²) < 4.78 is 20.1. The van der Waals surface area contributed by atoms with Crippen LogP contribution in [0.15, 0.2) is 48.8 Å². The molecular formula is C36H42FN7O2. The zero-order valence-electron chi connectivity index (χ0n) is 26.6. The summed E-state index contributed by atoms with van der Waals surface area (Å²) in [7, 11) is 0. The van der Waals surface area contributed by atoms with Crippen molar-refractivity contribution in [2.24, 2.45) is 5.92 Å². The quantitative estimate of drug-likeness (QED) is 0.238. The fourth-order valence-corrected chi connectivity index (χ4v) is 8.17. The smallest absolute Gasteiger partial charge is 0.318 e. The van der Waals surface area contributed by atoms with E-state index >= 15 is 0 Å². The fourth-order valence-electron chi connectivity index (χ4n) is 8.17. The molecule has 240 valence electrons. The van der Waals surface area contributed by atoms with Crippen molar-refractivity contribution in [3.63, 3.8) is 0 Å². The molecule has 7 rings (SSSR count). The van der Waals surface area contributed by atoms with Gasteiger partial charge in [-0.2, -0.15) is 15.2 Å². The number of hydrogen-bond donors (Lipinski definition) is 0. The Labute approximate surface area is 270 Å². The molecule has 4 heterocycles. The van der Waals surface area contributed by atoms with Crippen molar-refractivity contribution in [2.75, 3.05) is 55.7 Å². The van der Waals surface area contributed by atoms with E-state index in [2.05, 4.69) is 70.7 Å². The van der Waals surface area contributed by atoms with Gasteiger partial charge in [-0.25, -0.2) is 4.39 Å². The van der Waals surface area contributed by atoms with Crippen molar-refractivity contribution in [2.45, 2.75) is 64.1 Å². The average Bonchev–Trinajstić information content (AvgIpc) is 3.70. The first-order valence-corrected chi connectivity index (χ1v) is 16.7. The van der Waals surface area contributed by atoms with Gasteiger partial charge in [-0.05, 0) is 62.0 Å². The van der Waals surface area contributed by atoms with Crippen LogP contribution in [0.4, 0.5) is 15.9 Å². The summed E-state index contributed by atoms with van der Waals surface area (Å²) >= 11 is 0. The molecule has 9 nitrogen and oxygen atoms in total. The predicted molar refractivity (Wildman–Crippen MR) is 176 cm³/mol. The van der Waals surface area contributed by atoms with Crippen LogP contribution in [0.25, 0.3) is 10.8 Å². The molecule has 2 bridgehead atoms. The fraction of sp³-hybridized carbons (Fsp3) is 0.500. The molecule has 0 radical (unpaired) electrons. The van der Waals surface area contributed by atoms with Gasteiger partial charge in [0.1, 0.15) is 5.82 Å². The van der Waals surface area contributed by atoms with Gasteiger partial charge in [-0.3, -0.25) is 9.69 Å². The molecule has 3 fully saturated rings. The van der Waals surface area contributed by atoms with Crippen molar-refractivity contribution >= 4 is 28.2 Å². The summed E-state index contributed by atoms with van der Waals surface area (Å²) in [5, 5.41) is 12.0. The highest BCUT2D eigenvalue weighted by atomic mass is 19.1. The summed E-state index contributed by atoms with van der Waals surface area (Å²) in [4.78, 5) is 31.1. The van der Waals surface area contributed by atoms with E-state index in [4.69, 9.17) is 14.7 Å². The largest absolute Gasteiger partial charge is 0.463 e. The molecule has 1 aliphatic carbocycles. The minimum absolute atomic E-state index is 0.0959. The van der Waals surface area contributed by atoms with Crippen molar-refractivity contribution in [1.82, 2.24) is 19.8 Å². The SMILES string of the molecule is C=C(F)C(=O)N1CCN(c2nc(OCCCN3C[C@H]4CC[C@@H]3C4)nc3c2CCN(c2cccc4cccc(C)c24)C3)C[C@@H]1CC#N. The highest BCUT2D eigenvalue weighted by Crippen LogP contribution is 2.38. The van der Waals surface area contributed by atoms with Gasteiger partial charge in [0.05, 0.1) is 37.4 Å². The number of nitrogens with zero attached hydrogens (tertiary/aromatic N) is 7. The van der Waals surface area contributed by atoms with Crippen molar-refractivity contribution in [3.8, 4) is 12.1 Å². The zero-order valence-corrected chi connectivity index (χ0v) is 26.6. The molecule has 0 N–H and O–H groups in total. The Morgan fingerprint density at radius 1 is 1.11 bits per heavy atom. The van der Waals surface area contributed by atoms with Gasteiger partial charge in [0, 0.05) is 61.9 Å². The Kier molecular flexibility index (Phi) is 8.52. The molecule has 0 spiro atoms. The van der Waals surface area contributed by atoms with Gasteiger partial charge < -0.3 is 19.4 Å². The van der Waals surface area contributed by atoms with Crippen LogP contribution < -0.4 is 14.5 Å². The highest BCUT2D eigenvalue weighted by molar-refractivity contribution is 5.97. The highest BCUT2D eigenvalue weighted by Gasteiger charge is 2.37. The Morgan fingerprint density at radius 2 is 1.96 bits per heavy atom. The maximum Gasteiger partial charge on any atom is 0.318 e. The lowest BCUT2D eigenvalue weighted by molar-refractivity contribution is -0.131. The minimum atomic E-state index is -1.00. The number of benzene rings is 2. The number of fused-ring (bicyclic) bond motifs is 4. The second kappa shape index (κ2) is 12.9. The first-order chi connectivity index (χ1) is 22.4. The molecule has 3 atom stereocenters. The van der Waals surface area contributed by atoms with Gasteiger partial charge in [0.15, 0.2) is 5.83 Å². The Morgan fingerprint density at radius 3 is 2.72 bits per heavy atom. The second-order valence-corrected chi connectivity index (χ2v) is 13.3. The van der Waals surface area contributed by atoms with Crippen LogP contribution in [0, 0.1) is 24.2 Å². The standard InChI is InChI=1S/C36H42FN7O2/c1-24-6-3-7-27-8-4-9-32(33(24)27)42-16-13-30-31(23-42)39-36(46-19-5-15-41-21-26-10-11-28(41)20-26)40-34(30)43-17-18-44(35(45)25(2)37)29(22-43)12-14-38/h3-4,6-9,26,28-29H,2,5,10-13,15-23H2,1H3/t26-,28+,29-/m0/s1. The predicted octanol–water partition coefficient (Wildman–Crippen LogP) is 5.17. The van der Waals surface area contributed by atoms with Gasteiger partial charge >= 0.3 is 6.01 Å². The number of carbonyl (C=O) groups is 1. The number of ether oxygens (including phenoxy) is 1. The number of piperidine rings is 1. The van der Waals surface area contributed by atoms with E-state index in [9.17, 15) is 14.4 Å². The summed E-state index contributed by atoms with van der Waals surface area (Å²) in [5.41, 5.74) is 4.43. The molecule has 2 aromatic carbocycles. The molecule has 10 heteroatoms. The number of aryl methyl sites for hydroxylation is 1. The Hall–Kier alpha value is -4.23. The Bertz CT molecular complexity index is 1680. The third-order valence-corrected chi connectivity index (χ3v) is 10.4. The first kappa shape index (κ1) is 30.4. The number of aromatic nitrogens is 2. The molecule has 1 saturated carbocycles. The minimum Gasteiger partial charge on any atom is -0.463 e. The van der Waals surface area contributed by atoms with E-state index < -0.39 is 17.8 Å². The molecule has 3 aromatic rings. The van der Waals surface area contributed by atoms with E-state index in [1.54, 1.807) is 0 Å². The topological polar surface area (TPSA) is 88.8 Å². The van der Waals surface area contributed by atoms with Crippen LogP contribution >= 0.6 is 0 Å². The maximum atomic E-state index is 13.9. The maximum absolute atomic E-state index is 13.9. The zero-order chi connectivity index (χ0) is 31.8. The van der Waals surface area contributed by atoms with Crippen LogP contribution in [0.3, 0.4) is 0 Å². The lowest BCUT2D eigenvalue weighted by Crippen LogP contribution is -2.55. The number of rotatable bonds is 9. The molecule has 2 saturated heterocycles. The number of hydrogen-bond acceptors (Lipinski definition) is 8. The summed E-state index contributed by atoms with van der Waals surface area (Å²) in [6, 6.07) is 15.7. The van der Waals surface area contributed by atoms with E-state index in [-0.39, 0.29) is 13.0 Å². The van der Waals surface area contributed by atoms with Crippen molar-refractivity contribution < 1.29 is 13.9 Å². The third-order valence-electron chi connectivity index (χ3n) is 10.4. The normalized spacial score (nSPS) is 22.6. The van der Waals surface area contributed by atoms with Gasteiger partial charge in [0.2, 0.25) is 0 Å². The summed E-state index contributed by atoms with van der Waals surface area (Å²) in [6.07, 6.45) is 5.79. The van der Waals surface area contributed by atoms with Crippen molar-refractivity contribution in [3.05, 3.63) is 65.6 Å². The lowest BCUT2D eigenvalue weighted by Gasteiger charge is -2.42. The number of likely N-dealkylation sites (tertiary alicyclic amines) is 1. The summed E-state index contributed by atoms with van der Waals surface area (Å²) in [6.45, 7) is 10.7. The van der Waals surface area contributed by atoms with Gasteiger partial charge in [-0.15, -0.1) is 0 Å². The van der Waals surface area contributed by atoms with Gasteiger partial charge in [-0.1, -0.05) is 36.9 Å². The molecule has 46 heavy (non-hydrogen) atoms. The molecule has 4 aliphatic rings. The number of anilines is 2. The van der Waals surface area contributed by atoms with Gasteiger partial charge in [0.25, 0.3) is 5.91 Å². The number of piperazine rings is 1. The van der Waals surface area contributed by atoms with E-state index in [0.717, 1.165) is 55.0 Å². The lowest BCUT2D eigenvalue weighted by atomic mass is 9.99. The number of halogens is 1. The number of nitriles is 1. The van der Waals surface area contributed by atoms with E-state index in [1.165, 1.54) is 52.7 Å². The summed E-state index contributed by atoms with van der Waals surface area (Å²) in [5.74, 6) is -0.0906. The van der Waals surface area contributed by atoms with Crippen LogP contribution in [-0.2, 0) is 17.8 Å². The van der Waals surface area contributed by atoms with Crippen LogP contribution in [-0.4, -0.2) is 83.6 Å². The molecule has 1 amide bonds.